The number of hydrogen-bond acceptors (Lipinski definition) is 2. The molecule has 0 amide bonds. The SMILES string of the molecule is CCNC(=NCc1ccccc1C)NCC(CCO)CC(C)C. The molecule has 0 saturated heterocycles. The lowest BCUT2D eigenvalue weighted by atomic mass is 9.94. The Labute approximate surface area is 141 Å². The molecule has 130 valence electrons. The van der Waals surface area contributed by atoms with Gasteiger partial charge < -0.3 is 15.7 Å². The molecule has 4 nitrogen and oxygen atoms in total. The van der Waals surface area contributed by atoms with Crippen LogP contribution in [0.2, 0.25) is 0 Å². The number of aliphatic imine (C=N–C) groups is 1. The summed E-state index contributed by atoms with van der Waals surface area (Å²) in [5.74, 6) is 1.96. The highest BCUT2D eigenvalue weighted by atomic mass is 16.3. The zero-order chi connectivity index (χ0) is 17.1. The molecule has 0 fully saturated rings. The molecule has 0 aromatic heterocycles. The van der Waals surface area contributed by atoms with Gasteiger partial charge in [-0.15, -0.1) is 0 Å². The van der Waals surface area contributed by atoms with Crippen molar-refractivity contribution in [3.8, 4) is 0 Å². The number of aliphatic hydroxyl groups is 1. The first kappa shape index (κ1) is 19.5. The molecule has 0 heterocycles. The van der Waals surface area contributed by atoms with Gasteiger partial charge in [0.25, 0.3) is 0 Å². The highest BCUT2D eigenvalue weighted by molar-refractivity contribution is 5.79. The molecule has 0 aliphatic heterocycles. The van der Waals surface area contributed by atoms with Crippen LogP contribution in [0.5, 0.6) is 0 Å². The number of benzene rings is 1. The predicted molar refractivity (Wildman–Crippen MR) is 98.6 cm³/mol. The molecule has 1 rings (SSSR count). The fourth-order valence-electron chi connectivity index (χ4n) is 2.69. The zero-order valence-corrected chi connectivity index (χ0v) is 15.1. The van der Waals surface area contributed by atoms with Gasteiger partial charge in [-0.2, -0.15) is 0 Å². The number of aliphatic hydroxyl groups excluding tert-OH is 1. The second kappa shape index (κ2) is 11.1. The molecule has 1 aromatic carbocycles. The number of guanidine groups is 1. The Morgan fingerprint density at radius 3 is 2.57 bits per heavy atom. The van der Waals surface area contributed by atoms with E-state index in [2.05, 4.69) is 67.6 Å². The Hall–Kier alpha value is -1.55. The molecule has 0 spiro atoms. The number of aryl methyl sites for hydroxylation is 1. The Morgan fingerprint density at radius 1 is 1.22 bits per heavy atom. The van der Waals surface area contributed by atoms with E-state index >= 15 is 0 Å². The molecule has 1 atom stereocenters. The van der Waals surface area contributed by atoms with Crippen molar-refractivity contribution in [1.29, 1.82) is 0 Å². The molecule has 4 heteroatoms. The Balaban J connectivity index is 2.62. The average Bonchev–Trinajstić information content (AvgIpc) is 2.51. The summed E-state index contributed by atoms with van der Waals surface area (Å²) in [4.78, 5) is 4.69. The Bertz CT molecular complexity index is 471. The van der Waals surface area contributed by atoms with Crippen molar-refractivity contribution in [2.45, 2.75) is 47.1 Å². The number of nitrogens with zero attached hydrogens (tertiary/aromatic N) is 1. The summed E-state index contributed by atoms with van der Waals surface area (Å²) in [6.07, 6.45) is 1.95. The van der Waals surface area contributed by atoms with E-state index in [1.807, 2.05) is 0 Å². The quantitative estimate of drug-likeness (QED) is 0.484. The van der Waals surface area contributed by atoms with Gasteiger partial charge in [-0.3, -0.25) is 0 Å². The maximum atomic E-state index is 9.23. The first-order valence-electron chi connectivity index (χ1n) is 8.74. The molecule has 0 saturated carbocycles. The van der Waals surface area contributed by atoms with Crippen LogP contribution in [-0.2, 0) is 6.54 Å². The first-order chi connectivity index (χ1) is 11.1. The van der Waals surface area contributed by atoms with Gasteiger partial charge in [-0.05, 0) is 49.7 Å². The van der Waals surface area contributed by atoms with Gasteiger partial charge in [0.05, 0.1) is 6.54 Å². The van der Waals surface area contributed by atoms with Crippen molar-refractivity contribution in [2.24, 2.45) is 16.8 Å². The summed E-state index contributed by atoms with van der Waals surface area (Å²) in [6, 6.07) is 8.34. The second-order valence-corrected chi connectivity index (χ2v) is 6.51. The van der Waals surface area contributed by atoms with E-state index in [1.165, 1.54) is 11.1 Å². The summed E-state index contributed by atoms with van der Waals surface area (Å²) >= 11 is 0. The smallest absolute Gasteiger partial charge is 0.191 e. The zero-order valence-electron chi connectivity index (χ0n) is 15.1. The summed E-state index contributed by atoms with van der Waals surface area (Å²) in [6.45, 7) is 11.2. The van der Waals surface area contributed by atoms with Gasteiger partial charge in [-0.1, -0.05) is 38.1 Å². The minimum atomic E-state index is 0.246. The molecular weight excluding hydrogens is 286 g/mol. The third-order valence-corrected chi connectivity index (χ3v) is 3.91. The molecule has 23 heavy (non-hydrogen) atoms. The monoisotopic (exact) mass is 319 g/mol. The third kappa shape index (κ3) is 8.03. The lowest BCUT2D eigenvalue weighted by molar-refractivity contribution is 0.243. The topological polar surface area (TPSA) is 56.7 Å². The number of hydrogen-bond donors (Lipinski definition) is 3. The lowest BCUT2D eigenvalue weighted by Gasteiger charge is -2.20. The highest BCUT2D eigenvalue weighted by Gasteiger charge is 2.11. The molecular formula is C19H33N3O. The van der Waals surface area contributed by atoms with Crippen LogP contribution in [0, 0.1) is 18.8 Å². The minimum Gasteiger partial charge on any atom is -0.396 e. The normalized spacial score (nSPS) is 13.2. The van der Waals surface area contributed by atoms with E-state index in [0.717, 1.165) is 31.9 Å². The van der Waals surface area contributed by atoms with Gasteiger partial charge in [0.2, 0.25) is 0 Å². The standard InChI is InChI=1S/C19H33N3O/c1-5-20-19(21-13-17(10-11-23)12-15(2)3)22-14-18-9-7-6-8-16(18)4/h6-9,15,17,23H,5,10-14H2,1-4H3,(H2,20,21,22). The highest BCUT2D eigenvalue weighted by Crippen LogP contribution is 2.14. The number of nitrogens with one attached hydrogen (secondary N) is 2. The van der Waals surface area contributed by atoms with Gasteiger partial charge in [-0.25, -0.2) is 4.99 Å². The van der Waals surface area contributed by atoms with Crippen molar-refractivity contribution in [3.63, 3.8) is 0 Å². The van der Waals surface area contributed by atoms with E-state index in [4.69, 9.17) is 0 Å². The molecule has 0 bridgehead atoms. The van der Waals surface area contributed by atoms with Gasteiger partial charge in [0, 0.05) is 19.7 Å². The summed E-state index contributed by atoms with van der Waals surface area (Å²) in [5.41, 5.74) is 2.52. The fourth-order valence-corrected chi connectivity index (χ4v) is 2.69. The van der Waals surface area contributed by atoms with Gasteiger partial charge in [0.15, 0.2) is 5.96 Å². The van der Waals surface area contributed by atoms with Crippen LogP contribution in [0.15, 0.2) is 29.3 Å². The largest absolute Gasteiger partial charge is 0.396 e. The van der Waals surface area contributed by atoms with Crippen molar-refractivity contribution >= 4 is 5.96 Å². The average molecular weight is 319 g/mol. The van der Waals surface area contributed by atoms with Crippen LogP contribution in [0.3, 0.4) is 0 Å². The number of rotatable bonds is 9. The van der Waals surface area contributed by atoms with Gasteiger partial charge >= 0.3 is 0 Å². The van der Waals surface area contributed by atoms with Crippen molar-refractivity contribution in [3.05, 3.63) is 35.4 Å². The van der Waals surface area contributed by atoms with E-state index in [0.29, 0.717) is 18.4 Å². The summed E-state index contributed by atoms with van der Waals surface area (Å²) in [5, 5.41) is 16.0. The van der Waals surface area contributed by atoms with E-state index in [-0.39, 0.29) is 6.61 Å². The molecule has 0 aliphatic rings. The first-order valence-corrected chi connectivity index (χ1v) is 8.74. The summed E-state index contributed by atoms with van der Waals surface area (Å²) in [7, 11) is 0. The van der Waals surface area contributed by atoms with Crippen molar-refractivity contribution in [2.75, 3.05) is 19.7 Å². The van der Waals surface area contributed by atoms with E-state index in [9.17, 15) is 5.11 Å². The second-order valence-electron chi connectivity index (χ2n) is 6.51. The van der Waals surface area contributed by atoms with Crippen LogP contribution in [0.1, 0.15) is 44.7 Å². The lowest BCUT2D eigenvalue weighted by Crippen LogP contribution is -2.40. The Kier molecular flexibility index (Phi) is 9.37. The minimum absolute atomic E-state index is 0.246. The van der Waals surface area contributed by atoms with Crippen LogP contribution in [-0.4, -0.2) is 30.8 Å². The summed E-state index contributed by atoms with van der Waals surface area (Å²) < 4.78 is 0. The Morgan fingerprint density at radius 2 is 1.96 bits per heavy atom. The molecule has 1 aromatic rings. The van der Waals surface area contributed by atoms with Crippen molar-refractivity contribution in [1.82, 2.24) is 10.6 Å². The predicted octanol–water partition coefficient (Wildman–Crippen LogP) is 3.09. The van der Waals surface area contributed by atoms with Crippen LogP contribution in [0.25, 0.3) is 0 Å². The molecule has 0 radical (unpaired) electrons. The third-order valence-electron chi connectivity index (χ3n) is 3.91. The molecule has 3 N–H and O–H groups in total. The van der Waals surface area contributed by atoms with Crippen LogP contribution in [0.4, 0.5) is 0 Å². The van der Waals surface area contributed by atoms with E-state index < -0.39 is 0 Å². The van der Waals surface area contributed by atoms with Crippen LogP contribution >= 0.6 is 0 Å². The molecule has 1 unspecified atom stereocenters. The van der Waals surface area contributed by atoms with Gasteiger partial charge in [0.1, 0.15) is 0 Å². The fraction of sp³-hybridized carbons (Fsp3) is 0.632. The van der Waals surface area contributed by atoms with Crippen molar-refractivity contribution < 1.29 is 5.11 Å². The maximum absolute atomic E-state index is 9.23. The van der Waals surface area contributed by atoms with Crippen LogP contribution < -0.4 is 10.6 Å². The maximum Gasteiger partial charge on any atom is 0.191 e. The molecule has 0 aliphatic carbocycles. The van der Waals surface area contributed by atoms with E-state index in [1.54, 1.807) is 0 Å².